The molecule has 0 heterocycles. The zero-order valence-electron chi connectivity index (χ0n) is 11.5. The average Bonchev–Trinajstić information content (AvgIpc) is 2.41. The summed E-state index contributed by atoms with van der Waals surface area (Å²) in [6.45, 7) is 4.76. The molecule has 0 atom stereocenters. The number of anilines is 1. The lowest BCUT2D eigenvalue weighted by Crippen LogP contribution is -2.05. The smallest absolute Gasteiger partial charge is 0.119 e. The van der Waals surface area contributed by atoms with E-state index in [2.05, 4.69) is 33.4 Å². The molecule has 0 aliphatic rings. The Morgan fingerprint density at radius 3 is 2.50 bits per heavy atom. The molecular weight excluding hydrogens is 338 g/mol. The van der Waals surface area contributed by atoms with Gasteiger partial charge in [0.05, 0.1) is 16.8 Å². The number of halogens is 2. The zero-order valence-corrected chi connectivity index (χ0v) is 13.8. The second kappa shape index (κ2) is 7.00. The van der Waals surface area contributed by atoms with Crippen molar-refractivity contribution >= 4 is 33.2 Å². The Labute approximate surface area is 133 Å². The van der Waals surface area contributed by atoms with Crippen LogP contribution in [0.4, 0.5) is 5.69 Å². The Hall–Kier alpha value is -1.19. The second-order valence-corrected chi connectivity index (χ2v) is 6.11. The van der Waals surface area contributed by atoms with Crippen LogP contribution in [-0.2, 0) is 6.54 Å². The summed E-state index contributed by atoms with van der Waals surface area (Å²) in [4.78, 5) is 0. The third-order valence-electron chi connectivity index (χ3n) is 2.71. The Morgan fingerprint density at radius 1 is 1.15 bits per heavy atom. The van der Waals surface area contributed by atoms with Crippen molar-refractivity contribution in [1.82, 2.24) is 0 Å². The van der Waals surface area contributed by atoms with Gasteiger partial charge in [-0.25, -0.2) is 0 Å². The van der Waals surface area contributed by atoms with Crippen molar-refractivity contribution in [2.24, 2.45) is 0 Å². The highest BCUT2D eigenvalue weighted by molar-refractivity contribution is 9.10. The van der Waals surface area contributed by atoms with E-state index >= 15 is 0 Å². The van der Waals surface area contributed by atoms with Crippen LogP contribution in [0.25, 0.3) is 0 Å². The van der Waals surface area contributed by atoms with Crippen LogP contribution >= 0.6 is 27.5 Å². The molecule has 0 aliphatic heterocycles. The minimum absolute atomic E-state index is 0.194. The summed E-state index contributed by atoms with van der Waals surface area (Å²) in [7, 11) is 0. The van der Waals surface area contributed by atoms with Crippen molar-refractivity contribution in [3.05, 3.63) is 57.5 Å². The van der Waals surface area contributed by atoms with Crippen LogP contribution in [0.15, 0.2) is 46.9 Å². The van der Waals surface area contributed by atoms with E-state index in [9.17, 15) is 0 Å². The standard InChI is InChI=1S/C16H17BrClNO/c1-11(2)20-14-6-3-12(4-7-14)10-19-16-9-13(17)5-8-15(16)18/h3-9,11,19H,10H2,1-2H3. The van der Waals surface area contributed by atoms with Gasteiger partial charge in [0.2, 0.25) is 0 Å². The lowest BCUT2D eigenvalue weighted by atomic mass is 10.2. The third-order valence-corrected chi connectivity index (χ3v) is 3.53. The highest BCUT2D eigenvalue weighted by Gasteiger charge is 2.02. The number of benzene rings is 2. The van der Waals surface area contributed by atoms with E-state index in [4.69, 9.17) is 16.3 Å². The Bertz CT molecular complexity index is 569. The van der Waals surface area contributed by atoms with Gasteiger partial charge < -0.3 is 10.1 Å². The fourth-order valence-corrected chi connectivity index (χ4v) is 2.33. The Morgan fingerprint density at radius 2 is 1.85 bits per heavy atom. The normalized spacial score (nSPS) is 10.7. The van der Waals surface area contributed by atoms with Gasteiger partial charge in [0, 0.05) is 11.0 Å². The van der Waals surface area contributed by atoms with Crippen molar-refractivity contribution in [1.29, 1.82) is 0 Å². The first kappa shape index (κ1) is 15.2. The van der Waals surface area contributed by atoms with Gasteiger partial charge in [-0.1, -0.05) is 39.7 Å². The van der Waals surface area contributed by atoms with Crippen LogP contribution in [0, 0.1) is 0 Å². The first-order valence-electron chi connectivity index (χ1n) is 6.49. The highest BCUT2D eigenvalue weighted by Crippen LogP contribution is 2.26. The Balaban J connectivity index is 1.98. The summed E-state index contributed by atoms with van der Waals surface area (Å²) < 4.78 is 6.62. The van der Waals surface area contributed by atoms with Gasteiger partial charge in [0.15, 0.2) is 0 Å². The van der Waals surface area contributed by atoms with E-state index in [1.807, 2.05) is 44.2 Å². The number of ether oxygens (including phenoxy) is 1. The number of nitrogens with one attached hydrogen (secondary N) is 1. The number of hydrogen-bond donors (Lipinski definition) is 1. The van der Waals surface area contributed by atoms with Gasteiger partial charge >= 0.3 is 0 Å². The van der Waals surface area contributed by atoms with Gasteiger partial charge in [-0.15, -0.1) is 0 Å². The van der Waals surface area contributed by atoms with Gasteiger partial charge in [-0.3, -0.25) is 0 Å². The molecular formula is C16H17BrClNO. The molecule has 0 aromatic heterocycles. The van der Waals surface area contributed by atoms with Crippen molar-refractivity contribution in [2.75, 3.05) is 5.32 Å². The molecule has 106 valence electrons. The van der Waals surface area contributed by atoms with Crippen molar-refractivity contribution < 1.29 is 4.74 Å². The van der Waals surface area contributed by atoms with Crippen LogP contribution in [0.1, 0.15) is 19.4 Å². The summed E-state index contributed by atoms with van der Waals surface area (Å²) in [6, 6.07) is 13.8. The SMILES string of the molecule is CC(C)Oc1ccc(CNc2cc(Br)ccc2Cl)cc1. The van der Waals surface area contributed by atoms with E-state index in [1.54, 1.807) is 0 Å². The van der Waals surface area contributed by atoms with Crippen LogP contribution in [0.3, 0.4) is 0 Å². The topological polar surface area (TPSA) is 21.3 Å². The second-order valence-electron chi connectivity index (χ2n) is 4.79. The molecule has 0 radical (unpaired) electrons. The molecule has 2 nitrogen and oxygen atoms in total. The first-order chi connectivity index (χ1) is 9.54. The van der Waals surface area contributed by atoms with Gasteiger partial charge in [0.25, 0.3) is 0 Å². The van der Waals surface area contributed by atoms with Gasteiger partial charge in [0.1, 0.15) is 5.75 Å². The third kappa shape index (κ3) is 4.43. The van der Waals surface area contributed by atoms with Crippen molar-refractivity contribution in [3.63, 3.8) is 0 Å². The number of rotatable bonds is 5. The molecule has 2 aromatic carbocycles. The van der Waals surface area contributed by atoms with E-state index in [0.29, 0.717) is 5.02 Å². The summed E-state index contributed by atoms with van der Waals surface area (Å²) in [5.41, 5.74) is 2.10. The van der Waals surface area contributed by atoms with Crippen LogP contribution in [0.2, 0.25) is 5.02 Å². The largest absolute Gasteiger partial charge is 0.491 e. The van der Waals surface area contributed by atoms with Gasteiger partial charge in [-0.05, 0) is 49.7 Å². The molecule has 2 rings (SSSR count). The first-order valence-corrected chi connectivity index (χ1v) is 7.66. The van der Waals surface area contributed by atoms with Crippen LogP contribution in [-0.4, -0.2) is 6.10 Å². The molecule has 0 spiro atoms. The molecule has 1 N–H and O–H groups in total. The molecule has 0 saturated heterocycles. The quantitative estimate of drug-likeness (QED) is 0.765. The number of hydrogen-bond acceptors (Lipinski definition) is 2. The summed E-state index contributed by atoms with van der Waals surface area (Å²) in [5.74, 6) is 0.893. The molecule has 0 fully saturated rings. The van der Waals surface area contributed by atoms with Crippen LogP contribution in [0.5, 0.6) is 5.75 Å². The lowest BCUT2D eigenvalue weighted by molar-refractivity contribution is 0.242. The fourth-order valence-electron chi connectivity index (χ4n) is 1.79. The van der Waals surface area contributed by atoms with Crippen molar-refractivity contribution in [3.8, 4) is 5.75 Å². The van der Waals surface area contributed by atoms with Crippen LogP contribution < -0.4 is 10.1 Å². The molecule has 20 heavy (non-hydrogen) atoms. The summed E-state index contributed by atoms with van der Waals surface area (Å²) in [5, 5.41) is 4.04. The van der Waals surface area contributed by atoms with E-state index < -0.39 is 0 Å². The maximum atomic E-state index is 6.14. The maximum absolute atomic E-state index is 6.14. The van der Waals surface area contributed by atoms with E-state index in [-0.39, 0.29) is 6.10 Å². The molecule has 0 saturated carbocycles. The molecule has 0 amide bonds. The Kier molecular flexibility index (Phi) is 5.32. The molecule has 0 aliphatic carbocycles. The fraction of sp³-hybridized carbons (Fsp3) is 0.250. The minimum Gasteiger partial charge on any atom is -0.491 e. The summed E-state index contributed by atoms with van der Waals surface area (Å²) >= 11 is 9.58. The predicted molar refractivity (Wildman–Crippen MR) is 88.7 cm³/mol. The van der Waals surface area contributed by atoms with E-state index in [0.717, 1.165) is 22.5 Å². The highest BCUT2D eigenvalue weighted by atomic mass is 79.9. The summed E-state index contributed by atoms with van der Waals surface area (Å²) in [6.07, 6.45) is 0.194. The molecule has 2 aromatic rings. The lowest BCUT2D eigenvalue weighted by Gasteiger charge is -2.11. The molecule has 0 unspecified atom stereocenters. The molecule has 0 bridgehead atoms. The minimum atomic E-state index is 0.194. The molecule has 4 heteroatoms. The predicted octanol–water partition coefficient (Wildman–Crippen LogP) is 5.50. The zero-order chi connectivity index (χ0) is 14.5. The maximum Gasteiger partial charge on any atom is 0.119 e. The van der Waals surface area contributed by atoms with Gasteiger partial charge in [-0.2, -0.15) is 0 Å². The monoisotopic (exact) mass is 353 g/mol. The average molecular weight is 355 g/mol. The van der Waals surface area contributed by atoms with Crippen molar-refractivity contribution in [2.45, 2.75) is 26.5 Å². The van der Waals surface area contributed by atoms with E-state index in [1.165, 1.54) is 5.56 Å².